The number of hydrazine groups is 1. The van der Waals surface area contributed by atoms with Crippen LogP contribution in [-0.4, -0.2) is 81.8 Å². The first-order valence-corrected chi connectivity index (χ1v) is 16.3. The zero-order valence-corrected chi connectivity index (χ0v) is 26.6. The molecule has 234 valence electrons. The number of aromatic nitrogens is 2. The smallest absolute Gasteiger partial charge is 0.410 e. The van der Waals surface area contributed by atoms with Crippen LogP contribution in [0, 0.1) is 12.3 Å². The molecule has 3 fully saturated rings. The molecule has 9 heteroatoms. The molecule has 4 aliphatic rings. The number of carbonyl (C=O) groups is 2. The number of rotatable bonds is 3. The normalized spacial score (nSPS) is 23.0. The van der Waals surface area contributed by atoms with E-state index in [1.165, 1.54) is 16.7 Å². The second kappa shape index (κ2) is 11.3. The molecule has 0 bridgehead atoms. The highest BCUT2D eigenvalue weighted by Gasteiger charge is 2.43. The van der Waals surface area contributed by atoms with Gasteiger partial charge in [-0.25, -0.2) is 19.8 Å². The van der Waals surface area contributed by atoms with Gasteiger partial charge in [0, 0.05) is 68.9 Å². The number of hydrogen-bond donors (Lipinski definition) is 1. The van der Waals surface area contributed by atoms with E-state index < -0.39 is 5.60 Å². The summed E-state index contributed by atoms with van der Waals surface area (Å²) in [7, 11) is 0. The molecule has 2 aromatic heterocycles. The average Bonchev–Trinajstić information content (AvgIpc) is 3.60. The minimum absolute atomic E-state index is 0.243. The summed E-state index contributed by atoms with van der Waals surface area (Å²) < 4.78 is 11.9. The van der Waals surface area contributed by atoms with Crippen molar-refractivity contribution in [1.29, 1.82) is 0 Å². The number of morpholine rings is 1. The molecule has 1 unspecified atom stereocenters. The number of ether oxygens (including phenoxy) is 2. The van der Waals surface area contributed by atoms with Gasteiger partial charge in [-0.2, -0.15) is 0 Å². The number of aryl methyl sites for hydroxylation is 1. The molecule has 1 aromatic carbocycles. The lowest BCUT2D eigenvalue weighted by Crippen LogP contribution is -2.48. The Labute approximate surface area is 259 Å². The Morgan fingerprint density at radius 3 is 2.66 bits per heavy atom. The predicted octanol–water partition coefficient (Wildman–Crippen LogP) is 5.96. The Balaban J connectivity index is 1.25. The van der Waals surface area contributed by atoms with Crippen molar-refractivity contribution in [3.05, 3.63) is 52.8 Å². The van der Waals surface area contributed by atoms with E-state index in [9.17, 15) is 9.59 Å². The Bertz CT molecular complexity index is 1580. The Morgan fingerprint density at radius 1 is 1.05 bits per heavy atom. The third-order valence-corrected chi connectivity index (χ3v) is 10.2. The second-order valence-electron chi connectivity index (χ2n) is 14.4. The molecular formula is C35H45N5O4. The lowest BCUT2D eigenvalue weighted by molar-refractivity contribution is -0.122. The third-order valence-electron chi connectivity index (χ3n) is 10.2. The van der Waals surface area contributed by atoms with Gasteiger partial charge in [-0.3, -0.25) is 9.69 Å². The molecule has 5 heterocycles. The first kappa shape index (κ1) is 29.4. The van der Waals surface area contributed by atoms with Crippen molar-refractivity contribution in [2.24, 2.45) is 5.41 Å². The van der Waals surface area contributed by atoms with Crippen molar-refractivity contribution in [3.8, 4) is 11.1 Å². The van der Waals surface area contributed by atoms with Gasteiger partial charge in [-0.1, -0.05) is 6.07 Å². The Morgan fingerprint density at radius 2 is 1.86 bits per heavy atom. The van der Waals surface area contributed by atoms with Gasteiger partial charge in [0.2, 0.25) is 0 Å². The molecule has 7 rings (SSSR count). The van der Waals surface area contributed by atoms with Crippen LogP contribution in [0.2, 0.25) is 0 Å². The molecule has 1 atom stereocenters. The molecule has 1 N–H and O–H groups in total. The van der Waals surface area contributed by atoms with Crippen molar-refractivity contribution < 1.29 is 19.1 Å². The first-order chi connectivity index (χ1) is 21.1. The highest BCUT2D eigenvalue weighted by atomic mass is 16.6. The number of benzene rings is 1. The van der Waals surface area contributed by atoms with Crippen molar-refractivity contribution in [3.63, 3.8) is 0 Å². The van der Waals surface area contributed by atoms with Gasteiger partial charge >= 0.3 is 6.09 Å². The fourth-order valence-corrected chi connectivity index (χ4v) is 7.70. The number of carbonyl (C=O) groups excluding carboxylic acids is 2. The second-order valence-corrected chi connectivity index (χ2v) is 14.4. The van der Waals surface area contributed by atoms with Gasteiger partial charge in [0.05, 0.1) is 19.3 Å². The number of amides is 1. The number of aromatic amines is 1. The molecule has 3 aromatic rings. The zero-order valence-electron chi connectivity index (χ0n) is 26.6. The van der Waals surface area contributed by atoms with E-state index >= 15 is 0 Å². The van der Waals surface area contributed by atoms with Crippen molar-refractivity contribution in [2.45, 2.75) is 84.4 Å². The van der Waals surface area contributed by atoms with E-state index in [2.05, 4.69) is 40.1 Å². The minimum atomic E-state index is -0.580. The number of nitrogens with one attached hydrogen (secondary N) is 1. The molecule has 1 amide bonds. The fraction of sp³-hybridized carbons (Fsp3) is 0.571. The number of ketones is 1. The summed E-state index contributed by atoms with van der Waals surface area (Å²) in [6.45, 7) is 13.1. The highest BCUT2D eigenvalue weighted by molar-refractivity contribution is 5.85. The number of hydrogen-bond acceptors (Lipinski definition) is 7. The topological polar surface area (TPSA) is 91.0 Å². The van der Waals surface area contributed by atoms with E-state index in [4.69, 9.17) is 14.5 Å². The molecule has 3 aliphatic heterocycles. The molecule has 9 nitrogen and oxygen atoms in total. The summed E-state index contributed by atoms with van der Waals surface area (Å²) in [6, 6.07) is 6.58. The number of Topliss-reactive ketones (excluding diaryl/α,β-unsaturated/α-hetero) is 1. The van der Waals surface area contributed by atoms with Gasteiger partial charge in [0.25, 0.3) is 0 Å². The van der Waals surface area contributed by atoms with Gasteiger partial charge < -0.3 is 14.5 Å². The first-order valence-electron chi connectivity index (χ1n) is 16.3. The lowest BCUT2D eigenvalue weighted by Gasteiger charge is -2.42. The maximum Gasteiger partial charge on any atom is 0.410 e. The zero-order chi connectivity index (χ0) is 30.6. The maximum absolute atomic E-state index is 13.5. The van der Waals surface area contributed by atoms with Crippen molar-refractivity contribution in [2.75, 3.05) is 39.4 Å². The molecule has 2 saturated heterocycles. The number of fused-ring (bicyclic) bond motifs is 2. The van der Waals surface area contributed by atoms with E-state index in [1.54, 1.807) is 0 Å². The van der Waals surface area contributed by atoms with Gasteiger partial charge in [0.1, 0.15) is 17.0 Å². The highest BCUT2D eigenvalue weighted by Crippen LogP contribution is 2.44. The molecule has 1 saturated carbocycles. The van der Waals surface area contributed by atoms with Crippen LogP contribution in [0.1, 0.15) is 81.2 Å². The summed E-state index contributed by atoms with van der Waals surface area (Å²) in [6.07, 6.45) is 9.24. The summed E-state index contributed by atoms with van der Waals surface area (Å²) in [4.78, 5) is 35.4. The van der Waals surface area contributed by atoms with E-state index in [0.29, 0.717) is 25.5 Å². The quantitative estimate of drug-likeness (QED) is 0.398. The van der Waals surface area contributed by atoms with Gasteiger partial charge in [-0.15, -0.1) is 0 Å². The van der Waals surface area contributed by atoms with Crippen molar-refractivity contribution in [1.82, 2.24) is 24.9 Å². The Hall–Kier alpha value is -3.27. The van der Waals surface area contributed by atoms with E-state index in [0.717, 1.165) is 92.4 Å². The van der Waals surface area contributed by atoms with E-state index in [1.807, 2.05) is 38.1 Å². The largest absolute Gasteiger partial charge is 0.444 e. The summed E-state index contributed by atoms with van der Waals surface area (Å²) in [5.74, 6) is 0.423. The van der Waals surface area contributed by atoms with Crippen LogP contribution in [-0.2, 0) is 27.2 Å². The van der Waals surface area contributed by atoms with E-state index in [-0.39, 0.29) is 17.6 Å². The SMILES string of the molecule is Cc1c[nH]c2ncc(-c3cc4c(c(C5COCCN5C(=O)OC(C)(C)C)c3)CN(N3CCC5(CCC(=O)CC5)C3)CC4)cc12. The summed E-state index contributed by atoms with van der Waals surface area (Å²) in [5.41, 5.74) is 7.69. The monoisotopic (exact) mass is 599 g/mol. The summed E-state index contributed by atoms with van der Waals surface area (Å²) in [5, 5.41) is 6.19. The van der Waals surface area contributed by atoms with Gasteiger partial charge in [0.15, 0.2) is 0 Å². The molecule has 0 radical (unpaired) electrons. The Kier molecular flexibility index (Phi) is 7.54. The number of nitrogens with zero attached hydrogens (tertiary/aromatic N) is 4. The van der Waals surface area contributed by atoms with Crippen molar-refractivity contribution >= 4 is 22.9 Å². The number of pyridine rings is 1. The van der Waals surface area contributed by atoms with Crippen LogP contribution >= 0.6 is 0 Å². The fourth-order valence-electron chi connectivity index (χ4n) is 7.70. The maximum atomic E-state index is 13.5. The van der Waals surface area contributed by atoms with Crippen LogP contribution in [0.25, 0.3) is 22.2 Å². The average molecular weight is 600 g/mol. The van der Waals surface area contributed by atoms with Crippen LogP contribution in [0.3, 0.4) is 0 Å². The molecule has 1 spiro atoms. The molecule has 44 heavy (non-hydrogen) atoms. The molecular weight excluding hydrogens is 554 g/mol. The molecule has 1 aliphatic carbocycles. The van der Waals surface area contributed by atoms with Crippen LogP contribution in [0.5, 0.6) is 0 Å². The van der Waals surface area contributed by atoms with Crippen LogP contribution < -0.4 is 0 Å². The van der Waals surface area contributed by atoms with Gasteiger partial charge in [-0.05, 0) is 98.7 Å². The standard InChI is InChI=1S/C35H45N5O4/c1-23-18-36-32-28(23)17-26(19-37-32)25-15-24-7-11-38(39-12-10-35(22-39)8-5-27(41)6-9-35)20-30(24)29(16-25)31-21-43-14-13-40(31)33(42)44-34(2,3)4/h15-19,31H,5-14,20-22H2,1-4H3,(H,36,37). The lowest BCUT2D eigenvalue weighted by atomic mass is 9.73. The van der Waals surface area contributed by atoms with Crippen LogP contribution in [0.4, 0.5) is 4.79 Å². The van der Waals surface area contributed by atoms with Crippen LogP contribution in [0.15, 0.2) is 30.6 Å². The minimum Gasteiger partial charge on any atom is -0.444 e. The number of H-pyrrole nitrogens is 1. The third kappa shape index (κ3) is 5.66. The predicted molar refractivity (Wildman–Crippen MR) is 169 cm³/mol. The summed E-state index contributed by atoms with van der Waals surface area (Å²) >= 11 is 0.